The van der Waals surface area contributed by atoms with E-state index >= 15 is 0 Å². The fraction of sp³-hybridized carbons (Fsp3) is 0.174. The summed E-state index contributed by atoms with van der Waals surface area (Å²) in [5.74, 6) is 0.515. The molecule has 5 heteroatoms. The normalized spacial score (nSPS) is 10.4. The van der Waals surface area contributed by atoms with E-state index in [0.29, 0.717) is 12.3 Å². The van der Waals surface area contributed by atoms with Gasteiger partial charge >= 0.3 is 0 Å². The van der Waals surface area contributed by atoms with E-state index in [0.717, 1.165) is 32.5 Å². The van der Waals surface area contributed by atoms with Crippen molar-refractivity contribution in [2.24, 2.45) is 0 Å². The van der Waals surface area contributed by atoms with Gasteiger partial charge in [-0.1, -0.05) is 46.3 Å². The van der Waals surface area contributed by atoms with Gasteiger partial charge in [-0.05, 0) is 61.4 Å². The second-order valence-electron chi connectivity index (χ2n) is 6.63. The fourth-order valence-corrected chi connectivity index (χ4v) is 3.35. The first-order valence-electron chi connectivity index (χ1n) is 9.08. The van der Waals surface area contributed by atoms with Crippen LogP contribution in [0.25, 0.3) is 0 Å². The lowest BCUT2D eigenvalue weighted by molar-refractivity contribution is -0.118. The molecule has 0 heterocycles. The number of aryl methyl sites for hydroxylation is 2. The van der Waals surface area contributed by atoms with Gasteiger partial charge in [0, 0.05) is 28.0 Å². The predicted octanol–water partition coefficient (Wildman–Crippen LogP) is 5.70. The van der Waals surface area contributed by atoms with Crippen molar-refractivity contribution >= 4 is 33.2 Å². The fourth-order valence-electron chi connectivity index (χ4n) is 2.87. The van der Waals surface area contributed by atoms with Crippen molar-refractivity contribution in [3.8, 4) is 5.75 Å². The molecule has 0 saturated heterocycles. The number of carbonyl (C=O) groups is 1. The Kier molecular flexibility index (Phi) is 6.71. The summed E-state index contributed by atoms with van der Waals surface area (Å²) in [6, 6.07) is 21.6. The van der Waals surface area contributed by atoms with Gasteiger partial charge in [0.1, 0.15) is 5.75 Å². The number of halogens is 1. The van der Waals surface area contributed by atoms with E-state index in [9.17, 15) is 4.79 Å². The van der Waals surface area contributed by atoms with Crippen molar-refractivity contribution in [1.82, 2.24) is 0 Å². The summed E-state index contributed by atoms with van der Waals surface area (Å²) in [5, 5.41) is 6.29. The van der Waals surface area contributed by atoms with Crippen molar-refractivity contribution < 1.29 is 9.53 Å². The van der Waals surface area contributed by atoms with Crippen LogP contribution in [-0.4, -0.2) is 12.5 Å². The molecule has 28 heavy (non-hydrogen) atoms. The van der Waals surface area contributed by atoms with Gasteiger partial charge in [0.05, 0.1) is 0 Å². The topological polar surface area (TPSA) is 50.4 Å². The molecule has 144 valence electrons. The number of hydrogen-bond donors (Lipinski definition) is 2. The maximum atomic E-state index is 12.2. The largest absolute Gasteiger partial charge is 0.483 e. The lowest BCUT2D eigenvalue weighted by atomic mass is 10.1. The SMILES string of the molecule is Cc1cccc(NC(=O)COc2ccccc2CNc2ccc(Br)cc2C)c1. The number of amides is 1. The zero-order valence-electron chi connectivity index (χ0n) is 16.0. The average Bonchev–Trinajstić information content (AvgIpc) is 2.66. The molecule has 0 aliphatic heterocycles. The van der Waals surface area contributed by atoms with Crippen LogP contribution in [-0.2, 0) is 11.3 Å². The number of rotatable bonds is 7. The number of ether oxygens (including phenoxy) is 1. The molecule has 1 amide bonds. The van der Waals surface area contributed by atoms with Crippen molar-refractivity contribution in [3.05, 3.63) is 87.9 Å². The highest BCUT2D eigenvalue weighted by atomic mass is 79.9. The van der Waals surface area contributed by atoms with Crippen molar-refractivity contribution in [2.75, 3.05) is 17.2 Å². The summed E-state index contributed by atoms with van der Waals surface area (Å²) in [6.45, 7) is 4.62. The minimum atomic E-state index is -0.183. The third-order valence-electron chi connectivity index (χ3n) is 4.29. The Bertz CT molecular complexity index is 972. The lowest BCUT2D eigenvalue weighted by Gasteiger charge is -2.14. The van der Waals surface area contributed by atoms with E-state index in [2.05, 4.69) is 39.6 Å². The maximum absolute atomic E-state index is 12.2. The first kappa shape index (κ1) is 20.0. The number of hydrogen-bond acceptors (Lipinski definition) is 3. The molecule has 0 fully saturated rings. The van der Waals surface area contributed by atoms with E-state index in [4.69, 9.17) is 4.74 Å². The number of para-hydroxylation sites is 1. The zero-order valence-corrected chi connectivity index (χ0v) is 17.5. The van der Waals surface area contributed by atoms with Gasteiger partial charge in [-0.15, -0.1) is 0 Å². The third kappa shape index (κ3) is 5.60. The molecule has 0 aliphatic rings. The Morgan fingerprint density at radius 3 is 2.61 bits per heavy atom. The lowest BCUT2D eigenvalue weighted by Crippen LogP contribution is -2.20. The van der Waals surface area contributed by atoms with E-state index in [1.165, 1.54) is 0 Å². The Labute approximate surface area is 174 Å². The van der Waals surface area contributed by atoms with E-state index in [-0.39, 0.29) is 12.5 Å². The first-order chi connectivity index (χ1) is 13.5. The van der Waals surface area contributed by atoms with Gasteiger partial charge in [-0.3, -0.25) is 4.79 Å². The molecule has 0 saturated carbocycles. The molecule has 0 aliphatic carbocycles. The minimum absolute atomic E-state index is 0.0394. The van der Waals surface area contributed by atoms with E-state index in [1.54, 1.807) is 0 Å². The molecule has 0 atom stereocenters. The van der Waals surface area contributed by atoms with Gasteiger partial charge in [0.15, 0.2) is 6.61 Å². The summed E-state index contributed by atoms with van der Waals surface area (Å²) in [6.07, 6.45) is 0. The zero-order chi connectivity index (χ0) is 19.9. The predicted molar refractivity (Wildman–Crippen MR) is 118 cm³/mol. The first-order valence-corrected chi connectivity index (χ1v) is 9.88. The Hall–Kier alpha value is -2.79. The van der Waals surface area contributed by atoms with Gasteiger partial charge in [-0.25, -0.2) is 0 Å². The summed E-state index contributed by atoms with van der Waals surface area (Å²) >= 11 is 3.48. The standard InChI is InChI=1S/C23H23BrN2O2/c1-16-6-5-8-20(12-16)26-23(27)15-28-22-9-4-3-7-18(22)14-25-21-11-10-19(24)13-17(21)2/h3-13,25H,14-15H2,1-2H3,(H,26,27). The highest BCUT2D eigenvalue weighted by Gasteiger charge is 2.08. The van der Waals surface area contributed by atoms with Gasteiger partial charge in [0.25, 0.3) is 5.91 Å². The molecule has 4 nitrogen and oxygen atoms in total. The molecule has 0 unspecified atom stereocenters. The Balaban J connectivity index is 1.59. The average molecular weight is 439 g/mol. The molecule has 0 bridgehead atoms. The number of nitrogens with one attached hydrogen (secondary N) is 2. The molecular formula is C23H23BrN2O2. The van der Waals surface area contributed by atoms with Crippen LogP contribution in [0, 0.1) is 13.8 Å². The Morgan fingerprint density at radius 2 is 1.82 bits per heavy atom. The molecule has 3 aromatic carbocycles. The van der Waals surface area contributed by atoms with Crippen molar-refractivity contribution in [3.63, 3.8) is 0 Å². The quantitative estimate of drug-likeness (QED) is 0.497. The van der Waals surface area contributed by atoms with Gasteiger partial charge in [-0.2, -0.15) is 0 Å². The molecule has 3 rings (SSSR count). The minimum Gasteiger partial charge on any atom is -0.483 e. The smallest absolute Gasteiger partial charge is 0.262 e. The highest BCUT2D eigenvalue weighted by molar-refractivity contribution is 9.10. The molecule has 0 spiro atoms. The van der Waals surface area contributed by atoms with Crippen LogP contribution < -0.4 is 15.4 Å². The number of carbonyl (C=O) groups excluding carboxylic acids is 1. The van der Waals surface area contributed by atoms with Crippen LogP contribution in [0.15, 0.2) is 71.2 Å². The second-order valence-corrected chi connectivity index (χ2v) is 7.54. The molecule has 0 aromatic heterocycles. The third-order valence-corrected chi connectivity index (χ3v) is 4.78. The van der Waals surface area contributed by atoms with Crippen LogP contribution in [0.2, 0.25) is 0 Å². The van der Waals surface area contributed by atoms with Crippen molar-refractivity contribution in [2.45, 2.75) is 20.4 Å². The number of benzene rings is 3. The van der Waals surface area contributed by atoms with E-state index in [1.807, 2.05) is 67.6 Å². The summed E-state index contributed by atoms with van der Waals surface area (Å²) in [5.41, 5.74) is 5.08. The van der Waals surface area contributed by atoms with Crippen LogP contribution in [0.5, 0.6) is 5.75 Å². The highest BCUT2D eigenvalue weighted by Crippen LogP contribution is 2.23. The van der Waals surface area contributed by atoms with Gasteiger partial charge in [0.2, 0.25) is 0 Å². The molecule has 3 aromatic rings. The van der Waals surface area contributed by atoms with Crippen LogP contribution >= 0.6 is 15.9 Å². The Morgan fingerprint density at radius 1 is 1.00 bits per heavy atom. The van der Waals surface area contributed by atoms with Crippen LogP contribution in [0.3, 0.4) is 0 Å². The number of anilines is 2. The van der Waals surface area contributed by atoms with E-state index < -0.39 is 0 Å². The van der Waals surface area contributed by atoms with Crippen LogP contribution in [0.4, 0.5) is 11.4 Å². The van der Waals surface area contributed by atoms with Crippen molar-refractivity contribution in [1.29, 1.82) is 0 Å². The summed E-state index contributed by atoms with van der Waals surface area (Å²) in [7, 11) is 0. The molecule has 0 radical (unpaired) electrons. The summed E-state index contributed by atoms with van der Waals surface area (Å²) < 4.78 is 6.83. The molecular weight excluding hydrogens is 416 g/mol. The second kappa shape index (κ2) is 9.42. The van der Waals surface area contributed by atoms with Gasteiger partial charge < -0.3 is 15.4 Å². The monoisotopic (exact) mass is 438 g/mol. The maximum Gasteiger partial charge on any atom is 0.262 e. The van der Waals surface area contributed by atoms with Crippen LogP contribution in [0.1, 0.15) is 16.7 Å². The summed E-state index contributed by atoms with van der Waals surface area (Å²) in [4.78, 5) is 12.2. The molecule has 2 N–H and O–H groups in total.